The van der Waals surface area contributed by atoms with Crippen molar-refractivity contribution < 1.29 is 9.72 Å². The lowest BCUT2D eigenvalue weighted by Gasteiger charge is -2.40. The molecule has 1 aliphatic heterocycles. The number of H-pyrrole nitrogens is 1. The van der Waals surface area contributed by atoms with Crippen molar-refractivity contribution in [1.29, 1.82) is 0 Å². The highest BCUT2D eigenvalue weighted by Gasteiger charge is 2.29. The topological polar surface area (TPSA) is 107 Å². The number of aldehydes is 1. The number of aromatic amines is 1. The molecular weight excluding hydrogens is 384 g/mol. The number of hydrogen-bond donors (Lipinski definition) is 2. The van der Waals surface area contributed by atoms with E-state index in [0.29, 0.717) is 25.2 Å². The van der Waals surface area contributed by atoms with Crippen LogP contribution >= 0.6 is 0 Å². The number of piperazine rings is 1. The van der Waals surface area contributed by atoms with Crippen molar-refractivity contribution in [3.05, 3.63) is 52.7 Å². The van der Waals surface area contributed by atoms with Crippen LogP contribution in [0.15, 0.2) is 42.6 Å². The number of hydrogen-bond acceptors (Lipinski definition) is 7. The summed E-state index contributed by atoms with van der Waals surface area (Å²) in [7, 11) is 0. The van der Waals surface area contributed by atoms with E-state index >= 15 is 0 Å². The zero-order chi connectivity index (χ0) is 21.3. The Kier molecular flexibility index (Phi) is 5.26. The van der Waals surface area contributed by atoms with Gasteiger partial charge in [0, 0.05) is 49.4 Å². The summed E-state index contributed by atoms with van der Waals surface area (Å²) in [5, 5.41) is 15.3. The van der Waals surface area contributed by atoms with Crippen molar-refractivity contribution in [3.63, 3.8) is 0 Å². The smallest absolute Gasteiger partial charge is 0.271 e. The Morgan fingerprint density at radius 2 is 2.13 bits per heavy atom. The normalized spacial score (nSPS) is 16.8. The maximum atomic E-state index is 11.9. The molecule has 2 N–H and O–H groups in total. The number of carbonyl (C=O) groups excluding carboxylic acids is 1. The molecule has 1 saturated heterocycles. The van der Waals surface area contributed by atoms with E-state index in [1.54, 1.807) is 12.3 Å². The fourth-order valence-electron chi connectivity index (χ4n) is 3.86. The third kappa shape index (κ3) is 3.78. The molecule has 0 radical (unpaired) electrons. The molecule has 1 unspecified atom stereocenters. The summed E-state index contributed by atoms with van der Waals surface area (Å²) in [4.78, 5) is 34.5. The maximum absolute atomic E-state index is 11.9. The van der Waals surface area contributed by atoms with Gasteiger partial charge >= 0.3 is 0 Å². The predicted molar refractivity (Wildman–Crippen MR) is 117 cm³/mol. The summed E-state index contributed by atoms with van der Waals surface area (Å²) in [5.41, 5.74) is 1.66. The van der Waals surface area contributed by atoms with Crippen LogP contribution in [-0.2, 0) is 4.79 Å². The average molecular weight is 408 g/mol. The minimum atomic E-state index is -0.414. The SMILES string of the molecule is CC(C)Nc1cccnc1N1CCN(c2cc3ccc([N+](=O)[O-])cc3[nH]2)C(C=O)C1. The first kappa shape index (κ1) is 19.7. The van der Waals surface area contributed by atoms with Crippen molar-refractivity contribution >= 4 is 40.2 Å². The second kappa shape index (κ2) is 8.02. The number of aromatic nitrogens is 2. The average Bonchev–Trinajstić information content (AvgIpc) is 3.16. The van der Waals surface area contributed by atoms with E-state index < -0.39 is 4.92 Å². The van der Waals surface area contributed by atoms with Crippen molar-refractivity contribution in [2.75, 3.05) is 34.8 Å². The van der Waals surface area contributed by atoms with Gasteiger partial charge in [0.1, 0.15) is 18.1 Å². The van der Waals surface area contributed by atoms with E-state index in [9.17, 15) is 14.9 Å². The Hall–Kier alpha value is -3.62. The number of nitro benzene ring substituents is 1. The van der Waals surface area contributed by atoms with Gasteiger partial charge in [-0.1, -0.05) is 0 Å². The van der Waals surface area contributed by atoms with Crippen molar-refractivity contribution in [2.24, 2.45) is 0 Å². The van der Waals surface area contributed by atoms with Gasteiger partial charge in [0.25, 0.3) is 5.69 Å². The molecule has 156 valence electrons. The highest BCUT2D eigenvalue weighted by molar-refractivity contribution is 5.87. The molecule has 1 fully saturated rings. The standard InChI is InChI=1S/C21H24N6O3/c1-14(2)23-18-4-3-7-22-21(18)25-8-9-26(17(12-25)13-28)20-10-15-5-6-16(27(29)30)11-19(15)24-20/h3-7,10-11,13-14,17,23-24H,8-9,12H2,1-2H3. The largest absolute Gasteiger partial charge is 0.380 e. The molecule has 3 aromatic rings. The minimum Gasteiger partial charge on any atom is -0.380 e. The summed E-state index contributed by atoms with van der Waals surface area (Å²) in [6.07, 6.45) is 2.70. The predicted octanol–water partition coefficient (Wildman–Crippen LogP) is 3.19. The minimum absolute atomic E-state index is 0.0352. The summed E-state index contributed by atoms with van der Waals surface area (Å²) < 4.78 is 0. The second-order valence-corrected chi connectivity index (χ2v) is 7.70. The number of non-ortho nitro benzene ring substituents is 1. The van der Waals surface area contributed by atoms with Gasteiger partial charge in [0.2, 0.25) is 0 Å². The molecule has 1 atom stereocenters. The summed E-state index contributed by atoms with van der Waals surface area (Å²) in [5.74, 6) is 1.62. The van der Waals surface area contributed by atoms with Gasteiger partial charge in [0.15, 0.2) is 5.82 Å². The number of nitro groups is 1. The van der Waals surface area contributed by atoms with E-state index in [1.807, 2.05) is 23.1 Å². The van der Waals surface area contributed by atoms with Crippen LogP contribution in [0.1, 0.15) is 13.8 Å². The molecule has 0 spiro atoms. The van der Waals surface area contributed by atoms with Gasteiger partial charge < -0.3 is 24.9 Å². The Balaban J connectivity index is 1.58. The van der Waals surface area contributed by atoms with Gasteiger partial charge in [-0.3, -0.25) is 10.1 Å². The lowest BCUT2D eigenvalue weighted by molar-refractivity contribution is -0.384. The van der Waals surface area contributed by atoms with Crippen LogP contribution in [0.3, 0.4) is 0 Å². The Bertz CT molecular complexity index is 1080. The van der Waals surface area contributed by atoms with Crippen LogP contribution in [0, 0.1) is 10.1 Å². The van der Waals surface area contributed by atoms with Gasteiger partial charge in [0.05, 0.1) is 16.1 Å². The van der Waals surface area contributed by atoms with Crippen LogP contribution in [0.2, 0.25) is 0 Å². The summed E-state index contributed by atoms with van der Waals surface area (Å²) >= 11 is 0. The number of benzene rings is 1. The van der Waals surface area contributed by atoms with Crippen LogP contribution in [0.5, 0.6) is 0 Å². The molecule has 3 heterocycles. The molecule has 4 rings (SSSR count). The van der Waals surface area contributed by atoms with E-state index in [2.05, 4.69) is 34.0 Å². The third-order valence-corrected chi connectivity index (χ3v) is 5.22. The van der Waals surface area contributed by atoms with E-state index in [4.69, 9.17) is 0 Å². The number of carbonyl (C=O) groups is 1. The molecule has 0 saturated carbocycles. The molecule has 2 aromatic heterocycles. The van der Waals surface area contributed by atoms with Crippen molar-refractivity contribution in [3.8, 4) is 0 Å². The number of nitrogens with one attached hydrogen (secondary N) is 2. The fourth-order valence-corrected chi connectivity index (χ4v) is 3.86. The molecule has 30 heavy (non-hydrogen) atoms. The Morgan fingerprint density at radius 3 is 2.87 bits per heavy atom. The third-order valence-electron chi connectivity index (χ3n) is 5.22. The van der Waals surface area contributed by atoms with Gasteiger partial charge in [-0.2, -0.15) is 0 Å². The lowest BCUT2D eigenvalue weighted by Crippen LogP contribution is -2.54. The highest BCUT2D eigenvalue weighted by atomic mass is 16.6. The number of fused-ring (bicyclic) bond motifs is 1. The fraction of sp³-hybridized carbons (Fsp3) is 0.333. The quantitative estimate of drug-likeness (QED) is 0.366. The van der Waals surface area contributed by atoms with Crippen molar-refractivity contribution in [2.45, 2.75) is 25.9 Å². The number of anilines is 3. The first-order valence-corrected chi connectivity index (χ1v) is 9.92. The van der Waals surface area contributed by atoms with Gasteiger partial charge in [-0.15, -0.1) is 0 Å². The van der Waals surface area contributed by atoms with Crippen LogP contribution in [-0.4, -0.2) is 52.9 Å². The second-order valence-electron chi connectivity index (χ2n) is 7.70. The number of rotatable bonds is 6. The van der Waals surface area contributed by atoms with E-state index in [-0.39, 0.29) is 17.8 Å². The van der Waals surface area contributed by atoms with Crippen LogP contribution in [0.25, 0.3) is 10.9 Å². The molecule has 9 heteroatoms. The van der Waals surface area contributed by atoms with Crippen molar-refractivity contribution in [1.82, 2.24) is 9.97 Å². The summed E-state index contributed by atoms with van der Waals surface area (Å²) in [6.45, 7) is 5.97. The van der Waals surface area contributed by atoms with E-state index in [1.165, 1.54) is 12.1 Å². The first-order chi connectivity index (χ1) is 14.5. The zero-order valence-electron chi connectivity index (χ0n) is 16.9. The van der Waals surface area contributed by atoms with Gasteiger partial charge in [-0.25, -0.2) is 4.98 Å². The van der Waals surface area contributed by atoms with Crippen LogP contribution < -0.4 is 15.1 Å². The molecule has 1 aromatic carbocycles. The van der Waals surface area contributed by atoms with E-state index in [0.717, 1.165) is 29.0 Å². The molecule has 0 amide bonds. The van der Waals surface area contributed by atoms with Crippen LogP contribution in [0.4, 0.5) is 23.0 Å². The Labute approximate surface area is 173 Å². The Morgan fingerprint density at radius 1 is 1.30 bits per heavy atom. The number of nitrogens with zero attached hydrogens (tertiary/aromatic N) is 4. The number of pyridine rings is 1. The lowest BCUT2D eigenvalue weighted by atomic mass is 10.1. The molecule has 0 bridgehead atoms. The first-order valence-electron chi connectivity index (χ1n) is 9.92. The molecule has 1 aliphatic rings. The maximum Gasteiger partial charge on any atom is 0.271 e. The molecule has 0 aliphatic carbocycles. The molecule has 9 nitrogen and oxygen atoms in total. The zero-order valence-corrected chi connectivity index (χ0v) is 16.9. The summed E-state index contributed by atoms with van der Waals surface area (Å²) in [6, 6.07) is 10.4. The highest BCUT2D eigenvalue weighted by Crippen LogP contribution is 2.30. The van der Waals surface area contributed by atoms with Gasteiger partial charge in [-0.05, 0) is 38.1 Å². The molecular formula is C21H24N6O3. The monoisotopic (exact) mass is 408 g/mol.